The van der Waals surface area contributed by atoms with Crippen LogP contribution in [0.25, 0.3) is 0 Å². The van der Waals surface area contributed by atoms with Crippen molar-refractivity contribution in [1.82, 2.24) is 5.43 Å². The Hall–Kier alpha value is -3.22. The molecule has 1 amide bonds. The zero-order valence-corrected chi connectivity index (χ0v) is 13.4. The number of benzene rings is 2. The lowest BCUT2D eigenvalue weighted by atomic mass is 10.1. The highest BCUT2D eigenvalue weighted by Crippen LogP contribution is 2.27. The number of hydrogen-bond donors (Lipinski definition) is 1. The van der Waals surface area contributed by atoms with Crippen LogP contribution in [0.3, 0.4) is 0 Å². The van der Waals surface area contributed by atoms with Gasteiger partial charge in [0.25, 0.3) is 5.91 Å². The van der Waals surface area contributed by atoms with Crippen molar-refractivity contribution in [3.63, 3.8) is 0 Å². The van der Waals surface area contributed by atoms with Gasteiger partial charge >= 0.3 is 5.69 Å². The number of ether oxygens (including phenoxy) is 1. The first kappa shape index (κ1) is 17.1. The number of amides is 1. The largest absolute Gasteiger partial charge is 0.477 e. The first-order chi connectivity index (χ1) is 11.5. The predicted octanol–water partition coefficient (Wildman–Crippen LogP) is 2.82. The number of nitrogens with one attached hydrogen (secondary N) is 1. The van der Waals surface area contributed by atoms with Crippen LogP contribution in [0.4, 0.5) is 5.69 Å². The Balaban J connectivity index is 1.96. The molecule has 0 unspecified atom stereocenters. The number of aryl methyl sites for hydroxylation is 1. The highest BCUT2D eigenvalue weighted by molar-refractivity contribution is 5.99. The fraction of sp³-hybridized carbons (Fsp3) is 0.176. The maximum atomic E-state index is 11.8. The van der Waals surface area contributed by atoms with E-state index in [2.05, 4.69) is 10.5 Å². The smallest absolute Gasteiger partial charge is 0.311 e. The first-order valence-corrected chi connectivity index (χ1v) is 7.24. The van der Waals surface area contributed by atoms with Gasteiger partial charge in [-0.3, -0.25) is 14.9 Å². The molecule has 0 atom stereocenters. The Morgan fingerprint density at radius 2 is 1.96 bits per heavy atom. The summed E-state index contributed by atoms with van der Waals surface area (Å²) in [6.45, 7) is 3.14. The van der Waals surface area contributed by atoms with Crippen LogP contribution in [0.1, 0.15) is 18.1 Å². The lowest BCUT2D eigenvalue weighted by Crippen LogP contribution is -2.25. The van der Waals surface area contributed by atoms with Crippen molar-refractivity contribution < 1.29 is 14.5 Å². The normalized spacial score (nSPS) is 11.0. The van der Waals surface area contributed by atoms with Gasteiger partial charge in [0, 0.05) is 6.07 Å². The minimum atomic E-state index is -0.544. The fourth-order valence-electron chi connectivity index (χ4n) is 1.96. The van der Waals surface area contributed by atoms with E-state index in [4.69, 9.17) is 4.74 Å². The summed E-state index contributed by atoms with van der Waals surface area (Å²) < 4.78 is 5.23. The summed E-state index contributed by atoms with van der Waals surface area (Å²) in [6.07, 6.45) is 0. The third-order valence-electron chi connectivity index (χ3n) is 3.21. The molecule has 0 spiro atoms. The van der Waals surface area contributed by atoms with Gasteiger partial charge in [-0.05, 0) is 31.0 Å². The molecule has 124 valence electrons. The topological polar surface area (TPSA) is 93.8 Å². The van der Waals surface area contributed by atoms with Crippen molar-refractivity contribution >= 4 is 17.3 Å². The maximum Gasteiger partial charge on any atom is 0.311 e. The molecule has 2 rings (SSSR count). The molecule has 0 aromatic heterocycles. The van der Waals surface area contributed by atoms with Gasteiger partial charge in [0.2, 0.25) is 0 Å². The van der Waals surface area contributed by atoms with E-state index in [1.807, 2.05) is 30.3 Å². The van der Waals surface area contributed by atoms with Crippen LogP contribution in [0, 0.1) is 17.0 Å². The van der Waals surface area contributed by atoms with Crippen molar-refractivity contribution in [3.8, 4) is 5.75 Å². The van der Waals surface area contributed by atoms with Crippen molar-refractivity contribution in [2.45, 2.75) is 13.8 Å². The quantitative estimate of drug-likeness (QED) is 0.501. The monoisotopic (exact) mass is 327 g/mol. The van der Waals surface area contributed by atoms with Gasteiger partial charge in [-0.25, -0.2) is 5.43 Å². The van der Waals surface area contributed by atoms with Crippen LogP contribution >= 0.6 is 0 Å². The van der Waals surface area contributed by atoms with Crippen LogP contribution in [0.5, 0.6) is 5.75 Å². The Morgan fingerprint density at radius 3 is 2.62 bits per heavy atom. The predicted molar refractivity (Wildman–Crippen MR) is 90.1 cm³/mol. The average molecular weight is 327 g/mol. The molecule has 0 heterocycles. The van der Waals surface area contributed by atoms with Crippen LogP contribution in [0.15, 0.2) is 53.6 Å². The summed E-state index contributed by atoms with van der Waals surface area (Å²) in [5.41, 5.74) is 4.45. The van der Waals surface area contributed by atoms with Gasteiger partial charge < -0.3 is 4.74 Å². The van der Waals surface area contributed by atoms with Crippen LogP contribution in [-0.2, 0) is 4.79 Å². The standard InChI is InChI=1S/C17H17N3O4/c1-12-8-9-16(15(10-12)20(22)23)24-11-17(21)19-18-13(2)14-6-4-3-5-7-14/h3-10H,11H2,1-2H3,(H,19,21)/b18-13-. The highest BCUT2D eigenvalue weighted by atomic mass is 16.6. The zero-order chi connectivity index (χ0) is 17.5. The van der Waals surface area contributed by atoms with Gasteiger partial charge in [-0.15, -0.1) is 0 Å². The van der Waals surface area contributed by atoms with E-state index in [0.717, 1.165) is 11.1 Å². The third-order valence-corrected chi connectivity index (χ3v) is 3.21. The molecule has 2 aromatic rings. The number of carbonyl (C=O) groups excluding carboxylic acids is 1. The molecular weight excluding hydrogens is 310 g/mol. The van der Waals surface area contributed by atoms with E-state index in [0.29, 0.717) is 5.71 Å². The van der Waals surface area contributed by atoms with Crippen molar-refractivity contribution in [2.75, 3.05) is 6.61 Å². The number of nitro benzene ring substituents is 1. The lowest BCUT2D eigenvalue weighted by Gasteiger charge is -2.07. The van der Waals surface area contributed by atoms with Gasteiger partial charge in [0.1, 0.15) is 0 Å². The van der Waals surface area contributed by atoms with Gasteiger partial charge in [-0.2, -0.15) is 5.10 Å². The van der Waals surface area contributed by atoms with E-state index in [-0.39, 0.29) is 18.0 Å². The molecule has 1 N–H and O–H groups in total. The molecular formula is C17H17N3O4. The zero-order valence-electron chi connectivity index (χ0n) is 13.4. The summed E-state index contributed by atoms with van der Waals surface area (Å²) in [5.74, 6) is -0.454. The Labute approximate surface area is 139 Å². The Kier molecular flexibility index (Phi) is 5.62. The minimum absolute atomic E-state index is 0.0458. The van der Waals surface area contributed by atoms with E-state index in [1.54, 1.807) is 19.9 Å². The number of nitro groups is 1. The van der Waals surface area contributed by atoms with Crippen LogP contribution in [-0.4, -0.2) is 23.1 Å². The third kappa shape index (κ3) is 4.64. The molecule has 24 heavy (non-hydrogen) atoms. The molecule has 0 fully saturated rings. The van der Waals surface area contributed by atoms with E-state index < -0.39 is 10.8 Å². The summed E-state index contributed by atoms with van der Waals surface area (Å²) >= 11 is 0. The molecule has 0 aliphatic carbocycles. The SMILES string of the molecule is C/C(=N/NC(=O)COc1ccc(C)cc1[N+](=O)[O-])c1ccccc1. The van der Waals surface area contributed by atoms with Crippen LogP contribution in [0.2, 0.25) is 0 Å². The molecule has 0 bridgehead atoms. The molecule has 0 saturated carbocycles. The molecule has 2 aromatic carbocycles. The second kappa shape index (κ2) is 7.87. The Morgan fingerprint density at radius 1 is 1.25 bits per heavy atom. The number of hydrazone groups is 1. The lowest BCUT2D eigenvalue weighted by molar-refractivity contribution is -0.385. The maximum absolute atomic E-state index is 11.8. The van der Waals surface area contributed by atoms with E-state index in [1.165, 1.54) is 12.1 Å². The Bertz CT molecular complexity index is 773. The summed E-state index contributed by atoms with van der Waals surface area (Å²) in [5, 5.41) is 15.0. The molecule has 7 heteroatoms. The number of hydrogen-bond acceptors (Lipinski definition) is 5. The fourth-order valence-corrected chi connectivity index (χ4v) is 1.96. The molecule has 0 aliphatic rings. The van der Waals surface area contributed by atoms with E-state index >= 15 is 0 Å². The number of nitrogens with zero attached hydrogens (tertiary/aromatic N) is 2. The average Bonchev–Trinajstić information content (AvgIpc) is 2.59. The first-order valence-electron chi connectivity index (χ1n) is 7.24. The van der Waals surface area contributed by atoms with E-state index in [9.17, 15) is 14.9 Å². The van der Waals surface area contributed by atoms with Gasteiger partial charge in [-0.1, -0.05) is 36.4 Å². The summed E-state index contributed by atoms with van der Waals surface area (Å²) in [4.78, 5) is 22.2. The second-order valence-electron chi connectivity index (χ2n) is 5.12. The molecule has 0 saturated heterocycles. The number of rotatable bonds is 6. The van der Waals surface area contributed by atoms with Gasteiger partial charge in [0.05, 0.1) is 10.6 Å². The van der Waals surface area contributed by atoms with Crippen molar-refractivity contribution in [2.24, 2.45) is 5.10 Å². The van der Waals surface area contributed by atoms with Gasteiger partial charge in [0.15, 0.2) is 12.4 Å². The highest BCUT2D eigenvalue weighted by Gasteiger charge is 2.16. The number of carbonyl (C=O) groups is 1. The minimum Gasteiger partial charge on any atom is -0.477 e. The summed E-state index contributed by atoms with van der Waals surface area (Å²) in [7, 11) is 0. The summed E-state index contributed by atoms with van der Waals surface area (Å²) in [6, 6.07) is 13.9. The second-order valence-corrected chi connectivity index (χ2v) is 5.12. The molecule has 0 radical (unpaired) electrons. The van der Waals surface area contributed by atoms with Crippen molar-refractivity contribution in [3.05, 3.63) is 69.8 Å². The molecule has 0 aliphatic heterocycles. The van der Waals surface area contributed by atoms with Crippen molar-refractivity contribution in [1.29, 1.82) is 0 Å². The molecule has 7 nitrogen and oxygen atoms in total. The van der Waals surface area contributed by atoms with Crippen LogP contribution < -0.4 is 10.2 Å².